The van der Waals surface area contributed by atoms with E-state index < -0.39 is 6.10 Å². The summed E-state index contributed by atoms with van der Waals surface area (Å²) < 4.78 is 1.71. The van der Waals surface area contributed by atoms with Crippen LogP contribution in [-0.4, -0.2) is 46.3 Å². The number of rotatable bonds is 6. The molecule has 0 aromatic carbocycles. The molecule has 3 nitrogen and oxygen atoms in total. The average molecular weight is 456 g/mol. The number of nitrogens with one attached hydrogen (secondary N) is 1. The Kier molecular flexibility index (Phi) is 24.2. The SMILES string of the molecule is C=C/C(=C\C=C/C)C(O)/C=C/[N]([Tl])C=N.CC.CC. The summed E-state index contributed by atoms with van der Waals surface area (Å²) in [5.74, 6) is 0. The number of aliphatic hydroxyl groups excluding tert-OH is 1. The number of hydrogen-bond donors (Lipinski definition) is 2. The quantitative estimate of drug-likeness (QED) is 0.278. The van der Waals surface area contributed by atoms with Crippen LogP contribution in [0.4, 0.5) is 0 Å². The molecule has 0 saturated carbocycles. The summed E-state index contributed by atoms with van der Waals surface area (Å²) in [6.07, 6.45) is 11.1. The van der Waals surface area contributed by atoms with E-state index in [1.807, 2.05) is 52.8 Å². The van der Waals surface area contributed by atoms with Crippen LogP contribution < -0.4 is 0 Å². The molecule has 0 aliphatic carbocycles. The molecule has 0 aromatic rings. The van der Waals surface area contributed by atoms with Crippen molar-refractivity contribution in [3.8, 4) is 0 Å². The van der Waals surface area contributed by atoms with Gasteiger partial charge >= 0.3 is 107 Å². The number of nitrogens with zero attached hydrogens (tertiary/aromatic N) is 1. The Balaban J connectivity index is -0.000000579. The second kappa shape index (κ2) is 19.6. The average Bonchev–Trinajstić information content (AvgIpc) is 2.49. The molecule has 19 heavy (non-hydrogen) atoms. The third-order valence-electron chi connectivity index (χ3n) is 1.65. The molecule has 0 bridgehead atoms. The van der Waals surface area contributed by atoms with E-state index in [0.717, 1.165) is 5.57 Å². The van der Waals surface area contributed by atoms with E-state index in [9.17, 15) is 5.11 Å². The maximum Gasteiger partial charge on any atom is -0.0683 e. The molecule has 0 fully saturated rings. The monoisotopic (exact) mass is 456 g/mol. The summed E-state index contributed by atoms with van der Waals surface area (Å²) in [7, 11) is 0. The number of allylic oxidation sites excluding steroid dienone is 3. The van der Waals surface area contributed by atoms with E-state index in [-0.39, 0.29) is 0 Å². The molecule has 0 rings (SSSR count). The summed E-state index contributed by atoms with van der Waals surface area (Å²) in [4.78, 5) is 0. The fourth-order valence-electron chi connectivity index (χ4n) is 0.830. The molecule has 4 heteroatoms. The molecule has 0 aliphatic heterocycles. The topological polar surface area (TPSA) is 47.3 Å². The molecular weight excluding hydrogens is 429 g/mol. The van der Waals surface area contributed by atoms with Gasteiger partial charge in [-0.3, -0.25) is 0 Å². The maximum absolute atomic E-state index is 9.74. The van der Waals surface area contributed by atoms with E-state index >= 15 is 0 Å². The summed E-state index contributed by atoms with van der Waals surface area (Å²) in [6.45, 7) is 13.5. The Bertz CT molecular complexity index is 297. The van der Waals surface area contributed by atoms with Crippen molar-refractivity contribution in [2.45, 2.75) is 40.7 Å². The van der Waals surface area contributed by atoms with Crippen LogP contribution in [0.25, 0.3) is 0 Å². The van der Waals surface area contributed by atoms with Gasteiger partial charge in [0.2, 0.25) is 0 Å². The van der Waals surface area contributed by atoms with Gasteiger partial charge in [0.15, 0.2) is 0 Å². The number of aliphatic hydroxyl groups is 1. The van der Waals surface area contributed by atoms with Crippen molar-refractivity contribution in [3.63, 3.8) is 0 Å². The van der Waals surface area contributed by atoms with Crippen molar-refractivity contribution in [1.82, 2.24) is 2.71 Å². The van der Waals surface area contributed by atoms with E-state index in [1.165, 1.54) is 6.34 Å². The summed E-state index contributed by atoms with van der Waals surface area (Å²) in [5, 5.41) is 16.7. The standard InChI is InChI=1S/C11H15N2O.2C2H6.Tl/c1-3-5-6-10(4-2)11(14)7-8-13-9-12;2*1-2;/h3-9,11,14H,2H2,1H3,(H-,12,13);2*1-2H3;/q-1;;;+1/b5-3-,8-7+,10-6+;;;. The van der Waals surface area contributed by atoms with Gasteiger partial charge in [0.1, 0.15) is 0 Å². The molecule has 0 aromatic heterocycles. The van der Waals surface area contributed by atoms with Crippen LogP contribution in [0, 0.1) is 5.41 Å². The fraction of sp³-hybridized carbons (Fsp3) is 0.400. The zero-order valence-electron chi connectivity index (χ0n) is 12.8. The minimum atomic E-state index is -0.667. The molecule has 0 amide bonds. The summed E-state index contributed by atoms with van der Waals surface area (Å²) in [5.41, 5.74) is 0.743. The van der Waals surface area contributed by atoms with Gasteiger partial charge in [0, 0.05) is 0 Å². The molecule has 0 heterocycles. The Morgan fingerprint density at radius 3 is 2.21 bits per heavy atom. The van der Waals surface area contributed by atoms with Crippen LogP contribution >= 0.6 is 0 Å². The predicted octanol–water partition coefficient (Wildman–Crippen LogP) is 3.59. The van der Waals surface area contributed by atoms with Crippen molar-refractivity contribution in [2.75, 3.05) is 0 Å². The third kappa shape index (κ3) is 15.3. The first-order chi connectivity index (χ1) is 9.15. The Hall–Kier alpha value is -0.688. The van der Waals surface area contributed by atoms with Crippen LogP contribution in [0.3, 0.4) is 0 Å². The van der Waals surface area contributed by atoms with Crippen molar-refractivity contribution in [1.29, 1.82) is 5.41 Å². The van der Waals surface area contributed by atoms with Crippen molar-refractivity contribution in [3.05, 3.63) is 48.7 Å². The van der Waals surface area contributed by atoms with Crippen LogP contribution in [0.1, 0.15) is 34.6 Å². The molecule has 0 radical (unpaired) electrons. The Morgan fingerprint density at radius 2 is 1.84 bits per heavy atom. The van der Waals surface area contributed by atoms with Crippen LogP contribution in [-0.2, 0) is 0 Å². The van der Waals surface area contributed by atoms with Gasteiger partial charge in [-0.1, -0.05) is 27.7 Å². The van der Waals surface area contributed by atoms with Gasteiger partial charge in [-0.25, -0.2) is 0 Å². The summed E-state index contributed by atoms with van der Waals surface area (Å²) >= 11 is 0.530. The van der Waals surface area contributed by atoms with E-state index in [4.69, 9.17) is 5.41 Å². The molecule has 0 aliphatic rings. The normalized spacial score (nSPS) is 11.9. The first-order valence-corrected chi connectivity index (χ1v) is 8.51. The minimum Gasteiger partial charge on any atom is -0.0683 e. The molecule has 0 saturated heterocycles. The van der Waals surface area contributed by atoms with E-state index in [1.54, 1.807) is 21.1 Å². The van der Waals surface area contributed by atoms with Crippen molar-refractivity contribution in [2.24, 2.45) is 0 Å². The van der Waals surface area contributed by atoms with Gasteiger partial charge in [-0.05, 0) is 0 Å². The predicted molar refractivity (Wildman–Crippen MR) is 87.3 cm³/mol. The smallest absolute Gasteiger partial charge is 0.0683 e. The minimum absolute atomic E-state index is 0.530. The van der Waals surface area contributed by atoms with Crippen LogP contribution in [0.2, 0.25) is 0 Å². The number of hydrogen-bond acceptors (Lipinski definition) is 2. The third-order valence-corrected chi connectivity index (χ3v) is 2.90. The van der Waals surface area contributed by atoms with Gasteiger partial charge in [-0.2, -0.15) is 0 Å². The molecule has 1 unspecified atom stereocenters. The van der Waals surface area contributed by atoms with Crippen LogP contribution in [0.15, 0.2) is 48.7 Å². The molecular formula is C15H27N2OTl. The zero-order valence-corrected chi connectivity index (χ0v) is 17.3. The van der Waals surface area contributed by atoms with Gasteiger partial charge in [0.25, 0.3) is 0 Å². The van der Waals surface area contributed by atoms with E-state index in [0.29, 0.717) is 26.1 Å². The van der Waals surface area contributed by atoms with Gasteiger partial charge in [0.05, 0.1) is 0 Å². The Morgan fingerprint density at radius 1 is 1.32 bits per heavy atom. The second-order valence-electron chi connectivity index (χ2n) is 2.76. The molecule has 2 N–H and O–H groups in total. The maximum atomic E-state index is 9.74. The van der Waals surface area contributed by atoms with Crippen LogP contribution in [0.5, 0.6) is 0 Å². The van der Waals surface area contributed by atoms with Crippen molar-refractivity contribution < 1.29 is 5.11 Å². The second-order valence-corrected chi connectivity index (χ2v) is 5.08. The fourth-order valence-corrected chi connectivity index (χ4v) is 1.22. The van der Waals surface area contributed by atoms with Crippen molar-refractivity contribution >= 4 is 32.4 Å². The van der Waals surface area contributed by atoms with Gasteiger partial charge in [-0.15, -0.1) is 0 Å². The zero-order chi connectivity index (χ0) is 15.7. The molecule has 1 atom stereocenters. The summed E-state index contributed by atoms with van der Waals surface area (Å²) in [6, 6.07) is 0. The van der Waals surface area contributed by atoms with E-state index in [2.05, 4.69) is 6.58 Å². The largest absolute Gasteiger partial charge is 0.0683 e. The first kappa shape index (κ1) is 23.4. The van der Waals surface area contributed by atoms with Gasteiger partial charge < -0.3 is 0 Å². The molecule has 0 spiro atoms. The Labute approximate surface area is 135 Å². The molecule has 106 valence electrons. The first-order valence-electron chi connectivity index (χ1n) is 6.51.